The van der Waals surface area contributed by atoms with E-state index in [0.717, 1.165) is 0 Å². The average Bonchev–Trinajstić information content (AvgIpc) is 2.34. The number of nitrogens with zero attached hydrogens (tertiary/aromatic N) is 1. The molecule has 0 aromatic carbocycles. The van der Waals surface area contributed by atoms with Gasteiger partial charge in [0.05, 0.1) is 18.3 Å². The molecule has 1 atom stereocenters. The number of aromatic amines is 1. The highest BCUT2D eigenvalue weighted by atomic mass is 16.3. The van der Waals surface area contributed by atoms with Crippen LogP contribution in [0.5, 0.6) is 0 Å². The predicted molar refractivity (Wildman–Crippen MR) is 76.9 cm³/mol. The van der Waals surface area contributed by atoms with Gasteiger partial charge in [-0.15, -0.1) is 0 Å². The van der Waals surface area contributed by atoms with E-state index < -0.39 is 11.5 Å². The Morgan fingerprint density at radius 2 is 1.95 bits per heavy atom. The normalized spacial score (nSPS) is 12.8. The molecule has 6 nitrogen and oxygen atoms in total. The van der Waals surface area contributed by atoms with Crippen LogP contribution in [0.15, 0.2) is 4.79 Å². The standard InChI is InChI=1S/C14H23N3O3/c1-7(2)10(6-18)16-13(19)11-9(5)15-12(8(3)4)17-14(11)20/h7-8,10,18H,6H2,1-5H3,(H,16,19)(H,15,17,20). The number of hydrogen-bond donors (Lipinski definition) is 3. The average molecular weight is 281 g/mol. The minimum Gasteiger partial charge on any atom is -0.394 e. The van der Waals surface area contributed by atoms with Crippen LogP contribution in [0.4, 0.5) is 0 Å². The smallest absolute Gasteiger partial charge is 0.264 e. The first-order valence-corrected chi connectivity index (χ1v) is 6.80. The largest absolute Gasteiger partial charge is 0.394 e. The summed E-state index contributed by atoms with van der Waals surface area (Å²) in [4.78, 5) is 31.1. The highest BCUT2D eigenvalue weighted by molar-refractivity contribution is 5.95. The fourth-order valence-electron chi connectivity index (χ4n) is 1.81. The summed E-state index contributed by atoms with van der Waals surface area (Å²) in [6.07, 6.45) is 0. The molecule has 0 aliphatic heterocycles. The van der Waals surface area contributed by atoms with Crippen molar-refractivity contribution in [3.8, 4) is 0 Å². The molecule has 0 spiro atoms. The molecule has 112 valence electrons. The van der Waals surface area contributed by atoms with Gasteiger partial charge in [-0.3, -0.25) is 9.59 Å². The van der Waals surface area contributed by atoms with E-state index in [0.29, 0.717) is 11.5 Å². The van der Waals surface area contributed by atoms with Gasteiger partial charge in [-0.05, 0) is 12.8 Å². The summed E-state index contributed by atoms with van der Waals surface area (Å²) in [7, 11) is 0. The number of nitrogens with one attached hydrogen (secondary N) is 2. The molecule has 0 fully saturated rings. The summed E-state index contributed by atoms with van der Waals surface area (Å²) in [6, 6.07) is -0.383. The Morgan fingerprint density at radius 1 is 1.35 bits per heavy atom. The Kier molecular flexibility index (Phi) is 5.44. The van der Waals surface area contributed by atoms with Gasteiger partial charge in [0.25, 0.3) is 11.5 Å². The van der Waals surface area contributed by atoms with Crippen molar-refractivity contribution in [2.24, 2.45) is 5.92 Å². The Hall–Kier alpha value is -1.69. The lowest BCUT2D eigenvalue weighted by Gasteiger charge is -2.20. The van der Waals surface area contributed by atoms with Gasteiger partial charge < -0.3 is 15.4 Å². The van der Waals surface area contributed by atoms with E-state index in [1.54, 1.807) is 6.92 Å². The Labute approximate surface area is 118 Å². The van der Waals surface area contributed by atoms with Crippen molar-refractivity contribution < 1.29 is 9.90 Å². The van der Waals surface area contributed by atoms with E-state index in [2.05, 4.69) is 15.3 Å². The molecular formula is C14H23N3O3. The van der Waals surface area contributed by atoms with Crippen LogP contribution in [0.25, 0.3) is 0 Å². The minimum atomic E-state index is -0.501. The maximum Gasteiger partial charge on any atom is 0.264 e. The lowest BCUT2D eigenvalue weighted by molar-refractivity contribution is 0.0894. The summed E-state index contributed by atoms with van der Waals surface area (Å²) in [5, 5.41) is 11.9. The van der Waals surface area contributed by atoms with E-state index in [-0.39, 0.29) is 30.0 Å². The molecule has 0 aliphatic carbocycles. The number of H-pyrrole nitrogens is 1. The molecule has 0 saturated carbocycles. The molecule has 1 amide bonds. The van der Waals surface area contributed by atoms with Gasteiger partial charge in [0.1, 0.15) is 11.4 Å². The second-order valence-electron chi connectivity index (χ2n) is 5.57. The van der Waals surface area contributed by atoms with Crippen LogP contribution in [-0.4, -0.2) is 33.6 Å². The zero-order valence-corrected chi connectivity index (χ0v) is 12.7. The molecule has 0 bridgehead atoms. The highest BCUT2D eigenvalue weighted by Gasteiger charge is 2.21. The van der Waals surface area contributed by atoms with Crippen molar-refractivity contribution in [1.29, 1.82) is 0 Å². The number of carbonyl (C=O) groups is 1. The number of aliphatic hydroxyl groups is 1. The third kappa shape index (κ3) is 3.66. The minimum absolute atomic E-state index is 0.00787. The molecule has 1 aromatic heterocycles. The molecule has 0 saturated heterocycles. The monoisotopic (exact) mass is 281 g/mol. The van der Waals surface area contributed by atoms with Gasteiger partial charge in [-0.25, -0.2) is 4.98 Å². The second-order valence-corrected chi connectivity index (χ2v) is 5.57. The first-order chi connectivity index (χ1) is 9.27. The number of amides is 1. The number of hydrogen-bond acceptors (Lipinski definition) is 4. The number of aliphatic hydroxyl groups excluding tert-OH is 1. The van der Waals surface area contributed by atoms with Crippen molar-refractivity contribution in [1.82, 2.24) is 15.3 Å². The lowest BCUT2D eigenvalue weighted by Crippen LogP contribution is -2.43. The lowest BCUT2D eigenvalue weighted by atomic mass is 10.0. The Morgan fingerprint density at radius 3 is 2.35 bits per heavy atom. The van der Waals surface area contributed by atoms with Crippen molar-refractivity contribution >= 4 is 5.91 Å². The van der Waals surface area contributed by atoms with Crippen molar-refractivity contribution in [3.05, 3.63) is 27.4 Å². The van der Waals surface area contributed by atoms with Crippen LogP contribution in [0.2, 0.25) is 0 Å². The number of aryl methyl sites for hydroxylation is 1. The van der Waals surface area contributed by atoms with E-state index in [4.69, 9.17) is 0 Å². The van der Waals surface area contributed by atoms with Gasteiger partial charge in [0, 0.05) is 5.92 Å². The van der Waals surface area contributed by atoms with Crippen LogP contribution in [-0.2, 0) is 0 Å². The van der Waals surface area contributed by atoms with E-state index in [1.165, 1.54) is 0 Å². The Bertz CT molecular complexity index is 535. The summed E-state index contributed by atoms with van der Waals surface area (Å²) in [6.45, 7) is 9.07. The van der Waals surface area contributed by atoms with Crippen LogP contribution < -0.4 is 10.9 Å². The fraction of sp³-hybridized carbons (Fsp3) is 0.643. The molecule has 0 aliphatic rings. The van der Waals surface area contributed by atoms with Crippen LogP contribution in [0.3, 0.4) is 0 Å². The topological polar surface area (TPSA) is 95.1 Å². The van der Waals surface area contributed by atoms with Crippen molar-refractivity contribution in [2.75, 3.05) is 6.61 Å². The molecular weight excluding hydrogens is 258 g/mol. The van der Waals surface area contributed by atoms with E-state index >= 15 is 0 Å². The molecule has 1 unspecified atom stereocenters. The van der Waals surface area contributed by atoms with Crippen molar-refractivity contribution in [2.45, 2.75) is 46.6 Å². The molecule has 3 N–H and O–H groups in total. The summed E-state index contributed by atoms with van der Waals surface area (Å²) in [5.41, 5.74) is -0.0389. The zero-order valence-electron chi connectivity index (χ0n) is 12.7. The van der Waals surface area contributed by atoms with E-state index in [9.17, 15) is 14.7 Å². The summed E-state index contributed by atoms with van der Waals surface area (Å²) < 4.78 is 0. The van der Waals surface area contributed by atoms with Gasteiger partial charge in [0.15, 0.2) is 0 Å². The zero-order chi connectivity index (χ0) is 15.4. The van der Waals surface area contributed by atoms with Gasteiger partial charge in [-0.2, -0.15) is 0 Å². The predicted octanol–water partition coefficient (Wildman–Crippen LogP) is 0.948. The number of carbonyl (C=O) groups excluding carboxylic acids is 1. The van der Waals surface area contributed by atoms with Gasteiger partial charge in [0.2, 0.25) is 0 Å². The van der Waals surface area contributed by atoms with Crippen LogP contribution in [0, 0.1) is 12.8 Å². The number of rotatable bonds is 5. The van der Waals surface area contributed by atoms with Gasteiger partial charge in [-0.1, -0.05) is 27.7 Å². The Balaban J connectivity index is 3.08. The maximum atomic E-state index is 12.2. The first-order valence-electron chi connectivity index (χ1n) is 6.80. The summed E-state index contributed by atoms with van der Waals surface area (Å²) in [5.74, 6) is 0.219. The number of aromatic nitrogens is 2. The van der Waals surface area contributed by atoms with E-state index in [1.807, 2.05) is 27.7 Å². The molecule has 0 radical (unpaired) electrons. The quantitative estimate of drug-likeness (QED) is 0.748. The SMILES string of the molecule is Cc1nc(C(C)C)[nH]c(=O)c1C(=O)NC(CO)C(C)C. The summed E-state index contributed by atoms with van der Waals surface area (Å²) >= 11 is 0. The second kappa shape index (κ2) is 6.65. The van der Waals surface area contributed by atoms with Crippen LogP contribution in [0.1, 0.15) is 55.5 Å². The molecule has 1 rings (SSSR count). The highest BCUT2D eigenvalue weighted by Crippen LogP contribution is 2.09. The molecule has 6 heteroatoms. The third-order valence-corrected chi connectivity index (χ3v) is 3.21. The third-order valence-electron chi connectivity index (χ3n) is 3.21. The maximum absolute atomic E-state index is 12.2. The fourth-order valence-corrected chi connectivity index (χ4v) is 1.81. The molecule has 1 heterocycles. The first kappa shape index (κ1) is 16.4. The van der Waals surface area contributed by atoms with Crippen molar-refractivity contribution in [3.63, 3.8) is 0 Å². The molecule has 1 aromatic rings. The van der Waals surface area contributed by atoms with Gasteiger partial charge >= 0.3 is 0 Å². The molecule has 20 heavy (non-hydrogen) atoms. The van der Waals surface area contributed by atoms with Crippen LogP contribution >= 0.6 is 0 Å².